The zero-order chi connectivity index (χ0) is 19.7. The van der Waals surface area contributed by atoms with Crippen LogP contribution in [-0.2, 0) is 17.6 Å². The number of amides is 1. The number of aromatic nitrogens is 2. The smallest absolute Gasteiger partial charge is 0.227 e. The van der Waals surface area contributed by atoms with Gasteiger partial charge in [0.1, 0.15) is 12.1 Å². The molecule has 0 bridgehead atoms. The molecule has 2 heterocycles. The van der Waals surface area contributed by atoms with Crippen molar-refractivity contribution in [3.05, 3.63) is 53.0 Å². The minimum atomic E-state index is -0.492. The zero-order valence-corrected chi connectivity index (χ0v) is 16.6. The highest BCUT2D eigenvalue weighted by Crippen LogP contribution is 2.42. The van der Waals surface area contributed by atoms with Gasteiger partial charge in [0.2, 0.25) is 5.91 Å². The number of benzene rings is 1. The van der Waals surface area contributed by atoms with Gasteiger partial charge in [-0.15, -0.1) is 0 Å². The van der Waals surface area contributed by atoms with Gasteiger partial charge in [0.05, 0.1) is 18.2 Å². The van der Waals surface area contributed by atoms with Crippen LogP contribution in [-0.4, -0.2) is 52.1 Å². The van der Waals surface area contributed by atoms with Gasteiger partial charge in [0.15, 0.2) is 0 Å². The number of anilines is 1. The molecular formula is C22H28N4O2. The molecule has 2 aliphatic rings. The first-order chi connectivity index (χ1) is 13.6. The van der Waals surface area contributed by atoms with E-state index in [0.29, 0.717) is 25.9 Å². The molecule has 1 N–H and O–H groups in total. The Labute approximate surface area is 166 Å². The summed E-state index contributed by atoms with van der Waals surface area (Å²) in [5.41, 5.74) is 4.21. The number of rotatable bonds is 4. The highest BCUT2D eigenvalue weighted by molar-refractivity contribution is 5.79. The van der Waals surface area contributed by atoms with Crippen molar-refractivity contribution in [2.75, 3.05) is 31.1 Å². The molecule has 1 amide bonds. The Balaban J connectivity index is 1.39. The fourth-order valence-electron chi connectivity index (χ4n) is 4.30. The third kappa shape index (κ3) is 3.61. The summed E-state index contributed by atoms with van der Waals surface area (Å²) in [6.07, 6.45) is 3.23. The van der Waals surface area contributed by atoms with E-state index < -0.39 is 6.10 Å². The van der Waals surface area contributed by atoms with Crippen LogP contribution in [0.5, 0.6) is 0 Å². The summed E-state index contributed by atoms with van der Waals surface area (Å²) in [7, 11) is 0. The summed E-state index contributed by atoms with van der Waals surface area (Å²) in [5.74, 6) is 1.36. The number of hydrogen-bond donors (Lipinski definition) is 1. The van der Waals surface area contributed by atoms with Gasteiger partial charge in [-0.1, -0.05) is 38.1 Å². The minimum absolute atomic E-state index is 0.181. The number of aliphatic hydroxyl groups is 1. The quantitative estimate of drug-likeness (QED) is 0.882. The van der Waals surface area contributed by atoms with Crippen molar-refractivity contribution >= 4 is 11.7 Å². The van der Waals surface area contributed by atoms with Gasteiger partial charge in [0, 0.05) is 31.7 Å². The largest absolute Gasteiger partial charge is 0.387 e. The summed E-state index contributed by atoms with van der Waals surface area (Å²) >= 11 is 0. The van der Waals surface area contributed by atoms with Crippen molar-refractivity contribution in [2.45, 2.75) is 45.1 Å². The van der Waals surface area contributed by atoms with Crippen LogP contribution in [0.1, 0.15) is 54.7 Å². The molecule has 1 saturated heterocycles. The first-order valence-electron chi connectivity index (χ1n) is 10.2. The van der Waals surface area contributed by atoms with E-state index in [9.17, 15) is 9.90 Å². The van der Waals surface area contributed by atoms with Crippen molar-refractivity contribution in [3.8, 4) is 0 Å². The van der Waals surface area contributed by atoms with E-state index in [1.807, 2.05) is 4.90 Å². The average Bonchev–Trinajstić information content (AvgIpc) is 3.02. The topological polar surface area (TPSA) is 69.6 Å². The standard InChI is InChI=1S/C22H28N4O2/c1-3-16-4-6-17(7-5-16)13-19(28)25-8-10-26(11-9-25)22-20-15(2)12-18(27)21(20)23-14-24-22/h4-7,14-15,18,27H,3,8-13H2,1-2H3/t15-,18?/m1/s1. The van der Waals surface area contributed by atoms with Crippen LogP contribution in [0.4, 0.5) is 5.82 Å². The van der Waals surface area contributed by atoms with Crippen LogP contribution in [0, 0.1) is 0 Å². The van der Waals surface area contributed by atoms with Crippen LogP contribution in [0.3, 0.4) is 0 Å². The summed E-state index contributed by atoms with van der Waals surface area (Å²) in [5, 5.41) is 10.2. The summed E-state index contributed by atoms with van der Waals surface area (Å²) in [4.78, 5) is 25.7. The molecule has 0 radical (unpaired) electrons. The maximum atomic E-state index is 12.7. The van der Waals surface area contributed by atoms with Gasteiger partial charge in [-0.2, -0.15) is 0 Å². The zero-order valence-electron chi connectivity index (χ0n) is 16.6. The number of aliphatic hydroxyl groups excluding tert-OH is 1. The lowest BCUT2D eigenvalue weighted by Crippen LogP contribution is -2.49. The number of aryl methyl sites for hydroxylation is 1. The van der Waals surface area contributed by atoms with Crippen molar-refractivity contribution in [1.82, 2.24) is 14.9 Å². The Morgan fingerprint density at radius 1 is 1.11 bits per heavy atom. The van der Waals surface area contributed by atoms with Crippen LogP contribution in [0.15, 0.2) is 30.6 Å². The molecular weight excluding hydrogens is 352 g/mol. The maximum absolute atomic E-state index is 12.7. The van der Waals surface area contributed by atoms with E-state index in [4.69, 9.17) is 0 Å². The molecule has 2 atom stereocenters. The lowest BCUT2D eigenvalue weighted by Gasteiger charge is -2.36. The predicted octanol–water partition coefficient (Wildman–Crippen LogP) is 2.47. The van der Waals surface area contributed by atoms with Crippen LogP contribution in [0.25, 0.3) is 0 Å². The van der Waals surface area contributed by atoms with E-state index in [0.717, 1.165) is 42.1 Å². The Morgan fingerprint density at radius 3 is 2.46 bits per heavy atom. The Kier molecular flexibility index (Phi) is 5.31. The summed E-state index contributed by atoms with van der Waals surface area (Å²) in [6.45, 7) is 7.16. The number of carbonyl (C=O) groups excluding carboxylic acids is 1. The fourth-order valence-corrected chi connectivity index (χ4v) is 4.30. The van der Waals surface area contributed by atoms with Crippen LogP contribution >= 0.6 is 0 Å². The third-order valence-electron chi connectivity index (χ3n) is 6.00. The van der Waals surface area contributed by atoms with Gasteiger partial charge >= 0.3 is 0 Å². The van der Waals surface area contributed by atoms with Crippen molar-refractivity contribution in [3.63, 3.8) is 0 Å². The van der Waals surface area contributed by atoms with Gasteiger partial charge < -0.3 is 14.9 Å². The molecule has 1 aromatic carbocycles. The lowest BCUT2D eigenvalue weighted by molar-refractivity contribution is -0.130. The lowest BCUT2D eigenvalue weighted by atomic mass is 10.0. The molecule has 148 valence electrons. The average molecular weight is 380 g/mol. The van der Waals surface area contributed by atoms with Gasteiger partial charge in [-0.25, -0.2) is 9.97 Å². The molecule has 6 nitrogen and oxygen atoms in total. The number of fused-ring (bicyclic) bond motifs is 1. The first kappa shape index (κ1) is 18.9. The molecule has 0 saturated carbocycles. The Bertz CT molecular complexity index is 844. The third-order valence-corrected chi connectivity index (χ3v) is 6.00. The molecule has 4 rings (SSSR count). The highest BCUT2D eigenvalue weighted by Gasteiger charge is 2.33. The molecule has 1 aromatic heterocycles. The predicted molar refractivity (Wildman–Crippen MR) is 108 cm³/mol. The van der Waals surface area contributed by atoms with E-state index in [2.05, 4.69) is 53.0 Å². The van der Waals surface area contributed by atoms with E-state index in [1.165, 1.54) is 5.56 Å². The second kappa shape index (κ2) is 7.87. The number of hydrogen-bond acceptors (Lipinski definition) is 5. The molecule has 1 aliphatic heterocycles. The molecule has 6 heteroatoms. The monoisotopic (exact) mass is 380 g/mol. The molecule has 1 fully saturated rings. The van der Waals surface area contributed by atoms with Crippen molar-refractivity contribution in [2.24, 2.45) is 0 Å². The van der Waals surface area contributed by atoms with Crippen LogP contribution in [0.2, 0.25) is 0 Å². The number of carbonyl (C=O) groups is 1. The first-order valence-corrected chi connectivity index (χ1v) is 10.2. The van der Waals surface area contributed by atoms with Gasteiger partial charge in [-0.05, 0) is 29.9 Å². The van der Waals surface area contributed by atoms with E-state index in [-0.39, 0.29) is 11.8 Å². The fraction of sp³-hybridized carbons (Fsp3) is 0.500. The maximum Gasteiger partial charge on any atom is 0.227 e. The van der Waals surface area contributed by atoms with Gasteiger partial charge in [0.25, 0.3) is 0 Å². The number of nitrogens with zero attached hydrogens (tertiary/aromatic N) is 4. The second-order valence-corrected chi connectivity index (χ2v) is 7.86. The van der Waals surface area contributed by atoms with Crippen LogP contribution < -0.4 is 4.90 Å². The molecule has 1 unspecified atom stereocenters. The molecule has 2 aromatic rings. The molecule has 28 heavy (non-hydrogen) atoms. The number of piperazine rings is 1. The van der Waals surface area contributed by atoms with Gasteiger partial charge in [-0.3, -0.25) is 4.79 Å². The Hall–Kier alpha value is -2.47. The highest BCUT2D eigenvalue weighted by atomic mass is 16.3. The van der Waals surface area contributed by atoms with E-state index in [1.54, 1.807) is 6.33 Å². The van der Waals surface area contributed by atoms with Crippen molar-refractivity contribution in [1.29, 1.82) is 0 Å². The Morgan fingerprint density at radius 2 is 1.79 bits per heavy atom. The summed E-state index contributed by atoms with van der Waals surface area (Å²) in [6, 6.07) is 8.32. The van der Waals surface area contributed by atoms with E-state index >= 15 is 0 Å². The summed E-state index contributed by atoms with van der Waals surface area (Å²) < 4.78 is 0. The SMILES string of the molecule is CCc1ccc(CC(=O)N2CCN(c3ncnc4c3[C@H](C)CC4O)CC2)cc1. The second-order valence-electron chi connectivity index (χ2n) is 7.86. The molecule has 0 spiro atoms. The normalized spacial score (nSPS) is 21.7. The minimum Gasteiger partial charge on any atom is -0.387 e. The van der Waals surface area contributed by atoms with Crippen molar-refractivity contribution < 1.29 is 9.90 Å². The molecule has 1 aliphatic carbocycles.